The van der Waals surface area contributed by atoms with E-state index in [0.717, 1.165) is 19.4 Å². The summed E-state index contributed by atoms with van der Waals surface area (Å²) in [6.07, 6.45) is 2.09. The maximum atomic E-state index is 8.87. The van der Waals surface area contributed by atoms with Gasteiger partial charge in [-0.2, -0.15) is 5.26 Å². The van der Waals surface area contributed by atoms with Crippen molar-refractivity contribution in [3.05, 3.63) is 29.6 Å². The first kappa shape index (κ1) is 14.8. The summed E-state index contributed by atoms with van der Waals surface area (Å²) in [5, 5.41) is 20.4. The van der Waals surface area contributed by atoms with Gasteiger partial charge in [0.05, 0.1) is 18.7 Å². The number of methoxy groups -OCH3 is 1. The summed E-state index contributed by atoms with van der Waals surface area (Å²) in [7, 11) is 1.54. The monoisotopic (exact) mass is 287 g/mol. The van der Waals surface area contributed by atoms with E-state index in [1.165, 1.54) is 7.11 Å². The molecule has 0 amide bonds. The minimum atomic E-state index is 0.249. The molecule has 0 aliphatic carbocycles. The molecule has 0 fully saturated rings. The first-order valence-electron chi connectivity index (χ1n) is 6.74. The number of aryl methyl sites for hydroxylation is 1. The van der Waals surface area contributed by atoms with E-state index in [9.17, 15) is 0 Å². The number of unbranched alkanes of at least 4 members (excludes halogenated alkanes) is 1. The Labute approximate surface area is 123 Å². The Balaban J connectivity index is 2.06. The lowest BCUT2D eigenvalue weighted by Crippen LogP contribution is -2.09. The third-order valence-electron chi connectivity index (χ3n) is 2.98. The summed E-state index contributed by atoms with van der Waals surface area (Å²) in [5.41, 5.74) is 0.520. The van der Waals surface area contributed by atoms with Gasteiger partial charge in [-0.3, -0.25) is 0 Å². The van der Waals surface area contributed by atoms with Crippen LogP contribution in [0.3, 0.4) is 0 Å². The zero-order valence-corrected chi connectivity index (χ0v) is 12.1. The Morgan fingerprint density at radius 1 is 1.33 bits per heavy atom. The number of rotatable bonds is 7. The fraction of sp³-hybridized carbons (Fsp3) is 0.429. The van der Waals surface area contributed by atoms with Gasteiger partial charge in [0, 0.05) is 12.6 Å². The number of tetrazole rings is 1. The van der Waals surface area contributed by atoms with Gasteiger partial charge < -0.3 is 9.47 Å². The number of ether oxygens (including phenoxy) is 2. The molecule has 21 heavy (non-hydrogen) atoms. The standard InChI is InChI=1S/C14H17N5O2/c1-3-4-7-19-14(16-17-18-19)10-21-12-6-5-11(9-15)8-13(12)20-2/h5-6,8H,3-4,7,10H2,1-2H3. The van der Waals surface area contributed by atoms with Crippen molar-refractivity contribution in [1.29, 1.82) is 5.26 Å². The predicted molar refractivity (Wildman–Crippen MR) is 74.8 cm³/mol. The Morgan fingerprint density at radius 3 is 2.90 bits per heavy atom. The Kier molecular flexibility index (Phi) is 5.10. The highest BCUT2D eigenvalue weighted by Crippen LogP contribution is 2.28. The van der Waals surface area contributed by atoms with Crippen LogP contribution >= 0.6 is 0 Å². The first-order chi connectivity index (χ1) is 10.3. The second kappa shape index (κ2) is 7.24. The Morgan fingerprint density at radius 2 is 2.19 bits per heavy atom. The minimum absolute atomic E-state index is 0.249. The highest BCUT2D eigenvalue weighted by molar-refractivity contribution is 5.46. The van der Waals surface area contributed by atoms with Gasteiger partial charge in [-0.15, -0.1) is 5.10 Å². The van der Waals surface area contributed by atoms with Gasteiger partial charge in [0.1, 0.15) is 6.61 Å². The maximum absolute atomic E-state index is 8.87. The van der Waals surface area contributed by atoms with Crippen LogP contribution in [0.1, 0.15) is 31.2 Å². The van der Waals surface area contributed by atoms with E-state index >= 15 is 0 Å². The third kappa shape index (κ3) is 3.69. The number of aromatic nitrogens is 4. The Bertz CT molecular complexity index is 633. The molecule has 2 aromatic rings. The van der Waals surface area contributed by atoms with E-state index in [0.29, 0.717) is 22.9 Å². The lowest BCUT2D eigenvalue weighted by atomic mass is 10.2. The van der Waals surface area contributed by atoms with Crippen molar-refractivity contribution in [3.8, 4) is 17.6 Å². The van der Waals surface area contributed by atoms with Crippen molar-refractivity contribution in [1.82, 2.24) is 20.2 Å². The van der Waals surface area contributed by atoms with Crippen LogP contribution in [0, 0.1) is 11.3 Å². The lowest BCUT2D eigenvalue weighted by Gasteiger charge is -2.10. The lowest BCUT2D eigenvalue weighted by molar-refractivity contribution is 0.268. The average Bonchev–Trinajstić information content (AvgIpc) is 2.98. The molecule has 2 rings (SSSR count). The van der Waals surface area contributed by atoms with Crippen LogP contribution in [0.25, 0.3) is 0 Å². The van der Waals surface area contributed by atoms with E-state index < -0.39 is 0 Å². The zero-order chi connectivity index (χ0) is 15.1. The maximum Gasteiger partial charge on any atom is 0.189 e. The van der Waals surface area contributed by atoms with Gasteiger partial charge in [-0.05, 0) is 29.0 Å². The largest absolute Gasteiger partial charge is 0.493 e. The van der Waals surface area contributed by atoms with Gasteiger partial charge in [0.25, 0.3) is 0 Å². The van der Waals surface area contributed by atoms with E-state index in [-0.39, 0.29) is 6.61 Å². The van der Waals surface area contributed by atoms with Crippen molar-refractivity contribution in [2.24, 2.45) is 0 Å². The van der Waals surface area contributed by atoms with E-state index in [1.54, 1.807) is 22.9 Å². The molecular formula is C14H17N5O2. The van der Waals surface area contributed by atoms with Crippen LogP contribution in [0.15, 0.2) is 18.2 Å². The van der Waals surface area contributed by atoms with E-state index in [1.807, 2.05) is 0 Å². The fourth-order valence-corrected chi connectivity index (χ4v) is 1.81. The predicted octanol–water partition coefficient (Wildman–Crippen LogP) is 1.93. The fourth-order valence-electron chi connectivity index (χ4n) is 1.81. The molecule has 110 valence electrons. The molecule has 0 aliphatic rings. The molecule has 0 bridgehead atoms. The molecule has 0 saturated heterocycles. The second-order valence-electron chi connectivity index (χ2n) is 4.44. The van der Waals surface area contributed by atoms with Crippen molar-refractivity contribution in [2.45, 2.75) is 32.9 Å². The van der Waals surface area contributed by atoms with Crippen LogP contribution in [0.4, 0.5) is 0 Å². The smallest absolute Gasteiger partial charge is 0.189 e. The number of nitrogens with zero attached hydrogens (tertiary/aromatic N) is 5. The van der Waals surface area contributed by atoms with Crippen LogP contribution in [-0.2, 0) is 13.2 Å². The first-order valence-corrected chi connectivity index (χ1v) is 6.74. The van der Waals surface area contributed by atoms with Gasteiger partial charge in [0.2, 0.25) is 0 Å². The molecule has 0 saturated carbocycles. The highest BCUT2D eigenvalue weighted by atomic mass is 16.5. The average molecular weight is 287 g/mol. The minimum Gasteiger partial charge on any atom is -0.493 e. The van der Waals surface area contributed by atoms with E-state index in [4.69, 9.17) is 14.7 Å². The van der Waals surface area contributed by atoms with Gasteiger partial charge in [-0.25, -0.2) is 4.68 Å². The van der Waals surface area contributed by atoms with Crippen LogP contribution in [0.5, 0.6) is 11.5 Å². The van der Waals surface area contributed by atoms with Crippen LogP contribution in [0.2, 0.25) is 0 Å². The summed E-state index contributed by atoms with van der Waals surface area (Å²) in [6.45, 7) is 3.13. The topological polar surface area (TPSA) is 85.9 Å². The summed E-state index contributed by atoms with van der Waals surface area (Å²) < 4.78 is 12.6. The van der Waals surface area contributed by atoms with E-state index in [2.05, 4.69) is 28.5 Å². The molecule has 7 nitrogen and oxygen atoms in total. The molecule has 0 unspecified atom stereocenters. The number of nitriles is 1. The number of benzene rings is 1. The normalized spacial score (nSPS) is 10.1. The summed E-state index contributed by atoms with van der Waals surface area (Å²) in [6, 6.07) is 7.08. The van der Waals surface area contributed by atoms with Crippen molar-refractivity contribution >= 4 is 0 Å². The molecule has 0 radical (unpaired) electrons. The summed E-state index contributed by atoms with van der Waals surface area (Å²) >= 11 is 0. The SMILES string of the molecule is CCCCn1nnnc1COc1ccc(C#N)cc1OC. The summed E-state index contributed by atoms with van der Waals surface area (Å²) in [5.74, 6) is 1.73. The number of hydrogen-bond acceptors (Lipinski definition) is 6. The molecule has 1 heterocycles. The summed E-state index contributed by atoms with van der Waals surface area (Å²) in [4.78, 5) is 0. The second-order valence-corrected chi connectivity index (χ2v) is 4.44. The molecule has 0 N–H and O–H groups in total. The quantitative estimate of drug-likeness (QED) is 0.773. The molecule has 0 atom stereocenters. The highest BCUT2D eigenvalue weighted by Gasteiger charge is 2.10. The molecule has 7 heteroatoms. The third-order valence-corrected chi connectivity index (χ3v) is 2.98. The van der Waals surface area contributed by atoms with Crippen molar-refractivity contribution < 1.29 is 9.47 Å². The molecular weight excluding hydrogens is 270 g/mol. The van der Waals surface area contributed by atoms with Gasteiger partial charge >= 0.3 is 0 Å². The van der Waals surface area contributed by atoms with Crippen molar-refractivity contribution in [2.75, 3.05) is 7.11 Å². The van der Waals surface area contributed by atoms with Gasteiger partial charge in [-0.1, -0.05) is 13.3 Å². The molecule has 1 aromatic heterocycles. The molecule has 0 aliphatic heterocycles. The van der Waals surface area contributed by atoms with Crippen LogP contribution in [-0.4, -0.2) is 27.3 Å². The van der Waals surface area contributed by atoms with Gasteiger partial charge in [0.15, 0.2) is 17.3 Å². The molecule has 1 aromatic carbocycles. The Hall–Kier alpha value is -2.62. The molecule has 0 spiro atoms. The zero-order valence-electron chi connectivity index (χ0n) is 12.1. The number of hydrogen-bond donors (Lipinski definition) is 0. The van der Waals surface area contributed by atoms with Crippen molar-refractivity contribution in [3.63, 3.8) is 0 Å². The van der Waals surface area contributed by atoms with Crippen LogP contribution < -0.4 is 9.47 Å².